The summed E-state index contributed by atoms with van der Waals surface area (Å²) in [5.41, 5.74) is 7.28. The average molecular weight is 302 g/mol. The van der Waals surface area contributed by atoms with Gasteiger partial charge in [-0.3, -0.25) is 4.99 Å². The number of likely N-dealkylation sites (tertiary alicyclic amines) is 1. The summed E-state index contributed by atoms with van der Waals surface area (Å²) in [4.78, 5) is 7.05. The van der Waals surface area contributed by atoms with Gasteiger partial charge in [0.1, 0.15) is 0 Å². The fraction of sp³-hybridized carbons (Fsp3) is 0.611. The number of rotatable bonds is 7. The van der Waals surface area contributed by atoms with Crippen LogP contribution < -0.4 is 11.1 Å². The van der Waals surface area contributed by atoms with Crippen molar-refractivity contribution >= 4 is 5.96 Å². The van der Waals surface area contributed by atoms with Crippen LogP contribution in [0.3, 0.4) is 0 Å². The molecule has 4 heteroatoms. The van der Waals surface area contributed by atoms with Crippen LogP contribution in [0, 0.1) is 11.8 Å². The zero-order chi connectivity index (χ0) is 15.8. The van der Waals surface area contributed by atoms with Gasteiger partial charge in [-0.15, -0.1) is 0 Å². The second-order valence-electron chi connectivity index (χ2n) is 6.70. The minimum atomic E-state index is 0.582. The number of nitrogens with zero attached hydrogens (tertiary/aromatic N) is 2. The number of benzene rings is 1. The second kappa shape index (κ2) is 8.79. The van der Waals surface area contributed by atoms with E-state index in [2.05, 4.69) is 53.3 Å². The van der Waals surface area contributed by atoms with Gasteiger partial charge in [-0.25, -0.2) is 0 Å². The first-order valence-corrected chi connectivity index (χ1v) is 8.43. The number of aliphatic imine (C=N–C) groups is 1. The third-order valence-corrected chi connectivity index (χ3v) is 4.08. The van der Waals surface area contributed by atoms with Crippen molar-refractivity contribution < 1.29 is 0 Å². The molecule has 4 nitrogen and oxygen atoms in total. The fourth-order valence-electron chi connectivity index (χ4n) is 3.01. The topological polar surface area (TPSA) is 53.6 Å². The molecular weight excluding hydrogens is 272 g/mol. The zero-order valence-corrected chi connectivity index (χ0v) is 14.0. The van der Waals surface area contributed by atoms with E-state index in [4.69, 9.17) is 5.73 Å². The molecule has 22 heavy (non-hydrogen) atoms. The van der Waals surface area contributed by atoms with Crippen molar-refractivity contribution in [1.82, 2.24) is 10.2 Å². The molecule has 3 N–H and O–H groups in total. The largest absolute Gasteiger partial charge is 0.370 e. The van der Waals surface area contributed by atoms with E-state index in [1.807, 2.05) is 6.07 Å². The van der Waals surface area contributed by atoms with Crippen LogP contribution in [-0.2, 0) is 6.42 Å². The average Bonchev–Trinajstić information content (AvgIpc) is 2.93. The normalized spacial score (nSPS) is 19.8. The Morgan fingerprint density at radius 2 is 2.14 bits per heavy atom. The summed E-state index contributed by atoms with van der Waals surface area (Å²) in [6, 6.07) is 10.4. The van der Waals surface area contributed by atoms with Gasteiger partial charge in [0, 0.05) is 26.2 Å². The van der Waals surface area contributed by atoms with Gasteiger partial charge in [-0.1, -0.05) is 44.2 Å². The first-order chi connectivity index (χ1) is 10.6. The summed E-state index contributed by atoms with van der Waals surface area (Å²) in [5.74, 6) is 1.98. The number of nitrogens with one attached hydrogen (secondary N) is 1. The molecule has 1 aliphatic rings. The predicted molar refractivity (Wildman–Crippen MR) is 94.0 cm³/mol. The van der Waals surface area contributed by atoms with Crippen LogP contribution >= 0.6 is 0 Å². The zero-order valence-electron chi connectivity index (χ0n) is 14.0. The highest BCUT2D eigenvalue weighted by Gasteiger charge is 2.22. The molecule has 1 atom stereocenters. The Morgan fingerprint density at radius 3 is 2.86 bits per heavy atom. The van der Waals surface area contributed by atoms with Gasteiger partial charge in [-0.2, -0.15) is 0 Å². The molecule has 0 saturated carbocycles. The van der Waals surface area contributed by atoms with E-state index in [1.54, 1.807) is 0 Å². The third kappa shape index (κ3) is 6.06. The van der Waals surface area contributed by atoms with Gasteiger partial charge in [0.2, 0.25) is 0 Å². The van der Waals surface area contributed by atoms with E-state index < -0.39 is 0 Å². The first-order valence-electron chi connectivity index (χ1n) is 8.43. The van der Waals surface area contributed by atoms with Crippen LogP contribution in [0.15, 0.2) is 35.3 Å². The lowest BCUT2D eigenvalue weighted by Gasteiger charge is -2.17. The SMILES string of the molecule is CC(C)CN1CCC(CN=C(N)NCCc2ccccc2)C1. The number of hydrogen-bond acceptors (Lipinski definition) is 2. The molecule has 1 saturated heterocycles. The number of guanidine groups is 1. The molecule has 2 rings (SSSR count). The van der Waals surface area contributed by atoms with Crippen molar-refractivity contribution in [2.45, 2.75) is 26.7 Å². The lowest BCUT2D eigenvalue weighted by molar-refractivity contribution is 0.288. The van der Waals surface area contributed by atoms with E-state index in [9.17, 15) is 0 Å². The summed E-state index contributed by atoms with van der Waals surface area (Å²) in [6.45, 7) is 9.81. The highest BCUT2D eigenvalue weighted by atomic mass is 15.2. The Balaban J connectivity index is 1.63. The Hall–Kier alpha value is -1.55. The molecule has 0 aromatic heterocycles. The van der Waals surface area contributed by atoms with Gasteiger partial charge >= 0.3 is 0 Å². The first kappa shape index (κ1) is 16.8. The Labute approximate surface area is 134 Å². The monoisotopic (exact) mass is 302 g/mol. The van der Waals surface area contributed by atoms with Crippen molar-refractivity contribution in [3.8, 4) is 0 Å². The summed E-state index contributed by atoms with van der Waals surface area (Å²) in [6.07, 6.45) is 2.22. The van der Waals surface area contributed by atoms with Crippen molar-refractivity contribution in [2.75, 3.05) is 32.7 Å². The third-order valence-electron chi connectivity index (χ3n) is 4.08. The summed E-state index contributed by atoms with van der Waals surface area (Å²) < 4.78 is 0. The molecule has 1 unspecified atom stereocenters. The molecule has 0 spiro atoms. The van der Waals surface area contributed by atoms with E-state index in [0.717, 1.165) is 25.4 Å². The molecule has 0 amide bonds. The van der Waals surface area contributed by atoms with E-state index >= 15 is 0 Å². The summed E-state index contributed by atoms with van der Waals surface area (Å²) in [5, 5.41) is 3.21. The van der Waals surface area contributed by atoms with Crippen molar-refractivity contribution in [3.05, 3.63) is 35.9 Å². The minimum absolute atomic E-state index is 0.582. The van der Waals surface area contributed by atoms with E-state index in [0.29, 0.717) is 11.9 Å². The lowest BCUT2D eigenvalue weighted by atomic mass is 10.1. The van der Waals surface area contributed by atoms with Gasteiger partial charge in [0.15, 0.2) is 5.96 Å². The van der Waals surface area contributed by atoms with Crippen LogP contribution in [-0.4, -0.2) is 43.6 Å². The summed E-state index contributed by atoms with van der Waals surface area (Å²) >= 11 is 0. The number of hydrogen-bond donors (Lipinski definition) is 2. The molecule has 1 aromatic rings. The van der Waals surface area contributed by atoms with Crippen LogP contribution in [0.4, 0.5) is 0 Å². The maximum Gasteiger partial charge on any atom is 0.188 e. The molecule has 0 aliphatic carbocycles. The molecule has 1 fully saturated rings. The minimum Gasteiger partial charge on any atom is -0.370 e. The maximum atomic E-state index is 5.96. The van der Waals surface area contributed by atoms with E-state index in [-0.39, 0.29) is 0 Å². The number of nitrogens with two attached hydrogens (primary N) is 1. The van der Waals surface area contributed by atoms with Gasteiger partial charge in [-0.05, 0) is 36.8 Å². The second-order valence-corrected chi connectivity index (χ2v) is 6.70. The molecule has 0 radical (unpaired) electrons. The molecular formula is C18H30N4. The smallest absolute Gasteiger partial charge is 0.188 e. The maximum absolute atomic E-state index is 5.96. The van der Waals surface area contributed by atoms with Gasteiger partial charge < -0.3 is 16.0 Å². The molecule has 1 aromatic carbocycles. The lowest BCUT2D eigenvalue weighted by Crippen LogP contribution is -2.34. The fourth-order valence-corrected chi connectivity index (χ4v) is 3.01. The van der Waals surface area contributed by atoms with Gasteiger partial charge in [0.25, 0.3) is 0 Å². The standard InChI is InChI=1S/C18H30N4/c1-15(2)13-22-11-9-17(14-22)12-21-18(19)20-10-8-16-6-4-3-5-7-16/h3-7,15,17H,8-14H2,1-2H3,(H3,19,20,21). The highest BCUT2D eigenvalue weighted by Crippen LogP contribution is 2.17. The Kier molecular flexibility index (Phi) is 6.72. The van der Waals surface area contributed by atoms with Gasteiger partial charge in [0.05, 0.1) is 0 Å². The molecule has 1 aliphatic heterocycles. The Morgan fingerprint density at radius 1 is 1.36 bits per heavy atom. The van der Waals surface area contributed by atoms with E-state index in [1.165, 1.54) is 31.6 Å². The van der Waals surface area contributed by atoms with Crippen molar-refractivity contribution in [1.29, 1.82) is 0 Å². The van der Waals surface area contributed by atoms with Crippen LogP contribution in [0.2, 0.25) is 0 Å². The van der Waals surface area contributed by atoms with Crippen molar-refractivity contribution in [3.63, 3.8) is 0 Å². The highest BCUT2D eigenvalue weighted by molar-refractivity contribution is 5.77. The van der Waals surface area contributed by atoms with Crippen molar-refractivity contribution in [2.24, 2.45) is 22.6 Å². The summed E-state index contributed by atoms with van der Waals surface area (Å²) in [7, 11) is 0. The van der Waals surface area contributed by atoms with Crippen LogP contribution in [0.1, 0.15) is 25.8 Å². The molecule has 122 valence electrons. The van der Waals surface area contributed by atoms with Crippen LogP contribution in [0.5, 0.6) is 0 Å². The van der Waals surface area contributed by atoms with Crippen LogP contribution in [0.25, 0.3) is 0 Å². The molecule has 0 bridgehead atoms. The quantitative estimate of drug-likeness (QED) is 0.599. The Bertz CT molecular complexity index is 455. The predicted octanol–water partition coefficient (Wildman–Crippen LogP) is 2.11. The molecule has 1 heterocycles.